The van der Waals surface area contributed by atoms with E-state index in [1.807, 2.05) is 18.3 Å². The van der Waals surface area contributed by atoms with E-state index in [1.165, 1.54) is 21.7 Å². The maximum Gasteiger partial charge on any atom is 0.145 e. The summed E-state index contributed by atoms with van der Waals surface area (Å²) in [4.78, 5) is 4.82. The van der Waals surface area contributed by atoms with Gasteiger partial charge in [-0.15, -0.1) is 0 Å². The van der Waals surface area contributed by atoms with Crippen LogP contribution < -0.4 is 0 Å². The molecule has 0 unspecified atom stereocenters. The fraction of sp³-hybridized carbons (Fsp3) is 0.107. The first kappa shape index (κ1) is 17.2. The Hall–Kier alpha value is -3.65. The molecule has 30 heavy (non-hydrogen) atoms. The molecule has 0 aliphatic heterocycles. The van der Waals surface area contributed by atoms with Crippen LogP contribution in [0.4, 0.5) is 0 Å². The molecule has 0 aliphatic carbocycles. The normalized spacial score (nSPS) is 12.0. The van der Waals surface area contributed by atoms with Gasteiger partial charge < -0.3 is 4.42 Å². The van der Waals surface area contributed by atoms with Crippen molar-refractivity contribution < 1.29 is 4.42 Å². The molecule has 2 heteroatoms. The summed E-state index contributed by atoms with van der Waals surface area (Å²) in [7, 11) is 0. The molecule has 0 spiro atoms. The molecule has 2 nitrogen and oxygen atoms in total. The molecule has 0 fully saturated rings. The lowest BCUT2D eigenvalue weighted by atomic mass is 9.94. The molecule has 0 radical (unpaired) electrons. The number of para-hydroxylation sites is 1. The smallest absolute Gasteiger partial charge is 0.145 e. The van der Waals surface area contributed by atoms with Crippen molar-refractivity contribution in [2.24, 2.45) is 0 Å². The first-order valence-corrected chi connectivity index (χ1v) is 10.4. The minimum atomic E-state index is 0.494. The van der Waals surface area contributed by atoms with Crippen molar-refractivity contribution >= 4 is 43.5 Å². The SMILES string of the molecule is CC(C)c1ccc2c(-c3cc4ccccc4c4c3oc3ccccc34)nccc2c1. The van der Waals surface area contributed by atoms with Gasteiger partial charge in [-0.3, -0.25) is 4.98 Å². The molecule has 0 amide bonds. The lowest BCUT2D eigenvalue weighted by molar-refractivity contribution is 0.670. The Labute approximate surface area is 174 Å². The van der Waals surface area contributed by atoms with Crippen LogP contribution in [0.2, 0.25) is 0 Å². The van der Waals surface area contributed by atoms with Gasteiger partial charge in [0.05, 0.1) is 5.69 Å². The van der Waals surface area contributed by atoms with Crippen molar-refractivity contribution in [3.8, 4) is 11.3 Å². The standard InChI is InChI=1S/C28H21NO/c1-17(2)18-11-12-22-20(15-18)13-14-29-27(22)24-16-19-7-3-4-8-21(19)26-23-9-5-6-10-25(23)30-28(24)26/h3-17H,1-2H3. The molecule has 6 aromatic rings. The van der Waals surface area contributed by atoms with Crippen molar-refractivity contribution in [1.82, 2.24) is 4.98 Å². The van der Waals surface area contributed by atoms with Gasteiger partial charge in [0.15, 0.2) is 0 Å². The maximum atomic E-state index is 6.42. The second-order valence-corrected chi connectivity index (χ2v) is 8.24. The molecule has 2 heterocycles. The number of benzene rings is 4. The van der Waals surface area contributed by atoms with Gasteiger partial charge in [0.2, 0.25) is 0 Å². The van der Waals surface area contributed by atoms with Crippen LogP contribution in [-0.4, -0.2) is 4.98 Å². The zero-order valence-electron chi connectivity index (χ0n) is 17.0. The molecule has 0 aliphatic rings. The fourth-order valence-corrected chi connectivity index (χ4v) is 4.52. The Morgan fingerprint density at radius 1 is 0.733 bits per heavy atom. The average molecular weight is 387 g/mol. The van der Waals surface area contributed by atoms with Crippen LogP contribution in [0.25, 0.3) is 54.7 Å². The summed E-state index contributed by atoms with van der Waals surface area (Å²) in [6, 6.07) is 27.8. The highest BCUT2D eigenvalue weighted by Gasteiger charge is 2.18. The number of pyridine rings is 1. The quantitative estimate of drug-likeness (QED) is 0.300. The number of nitrogens with zero attached hydrogens (tertiary/aromatic N) is 1. The van der Waals surface area contributed by atoms with Gasteiger partial charge in [-0.25, -0.2) is 0 Å². The number of rotatable bonds is 2. The molecule has 144 valence electrons. The van der Waals surface area contributed by atoms with Gasteiger partial charge in [-0.05, 0) is 45.8 Å². The Morgan fingerprint density at radius 3 is 2.37 bits per heavy atom. The summed E-state index contributed by atoms with van der Waals surface area (Å²) in [5.41, 5.74) is 5.17. The number of hydrogen-bond donors (Lipinski definition) is 0. The van der Waals surface area contributed by atoms with Gasteiger partial charge in [-0.1, -0.05) is 74.5 Å². The van der Waals surface area contributed by atoms with Crippen molar-refractivity contribution in [2.75, 3.05) is 0 Å². The molecule has 2 aromatic heterocycles. The van der Waals surface area contributed by atoms with Crippen LogP contribution in [0, 0.1) is 0 Å². The molecular weight excluding hydrogens is 366 g/mol. The Kier molecular flexibility index (Phi) is 3.69. The zero-order valence-corrected chi connectivity index (χ0v) is 17.0. The third-order valence-electron chi connectivity index (χ3n) is 6.08. The molecule has 0 atom stereocenters. The van der Waals surface area contributed by atoms with Crippen molar-refractivity contribution in [3.63, 3.8) is 0 Å². The molecule has 6 rings (SSSR count). The van der Waals surface area contributed by atoms with Crippen LogP contribution in [0.1, 0.15) is 25.3 Å². The minimum Gasteiger partial charge on any atom is -0.455 e. The van der Waals surface area contributed by atoms with E-state index in [-0.39, 0.29) is 0 Å². The highest BCUT2D eigenvalue weighted by atomic mass is 16.3. The van der Waals surface area contributed by atoms with Crippen LogP contribution in [0.5, 0.6) is 0 Å². The largest absolute Gasteiger partial charge is 0.455 e. The van der Waals surface area contributed by atoms with E-state index in [4.69, 9.17) is 9.40 Å². The number of furan rings is 1. The summed E-state index contributed by atoms with van der Waals surface area (Å²) in [6.45, 7) is 4.45. The second-order valence-electron chi connectivity index (χ2n) is 8.24. The van der Waals surface area contributed by atoms with E-state index >= 15 is 0 Å². The highest BCUT2D eigenvalue weighted by Crippen LogP contribution is 2.41. The van der Waals surface area contributed by atoms with Crippen molar-refractivity contribution in [3.05, 3.63) is 90.6 Å². The van der Waals surface area contributed by atoms with Crippen molar-refractivity contribution in [1.29, 1.82) is 0 Å². The first-order chi connectivity index (χ1) is 14.7. The van der Waals surface area contributed by atoms with E-state index < -0.39 is 0 Å². The van der Waals surface area contributed by atoms with Gasteiger partial charge in [0, 0.05) is 27.9 Å². The zero-order chi connectivity index (χ0) is 20.2. The maximum absolute atomic E-state index is 6.42. The van der Waals surface area contributed by atoms with Gasteiger partial charge in [-0.2, -0.15) is 0 Å². The third kappa shape index (κ3) is 2.47. The second kappa shape index (κ2) is 6.43. The van der Waals surface area contributed by atoms with E-state index in [1.54, 1.807) is 0 Å². The average Bonchev–Trinajstić information content (AvgIpc) is 3.18. The van der Waals surface area contributed by atoms with Crippen LogP contribution in [0.3, 0.4) is 0 Å². The lowest BCUT2D eigenvalue weighted by Crippen LogP contribution is -1.91. The van der Waals surface area contributed by atoms with E-state index in [0.29, 0.717) is 5.92 Å². The summed E-state index contributed by atoms with van der Waals surface area (Å²) in [5, 5.41) is 7.08. The van der Waals surface area contributed by atoms with Crippen LogP contribution in [-0.2, 0) is 0 Å². The van der Waals surface area contributed by atoms with Crippen LogP contribution >= 0.6 is 0 Å². The summed E-state index contributed by atoms with van der Waals surface area (Å²) >= 11 is 0. The van der Waals surface area contributed by atoms with E-state index in [0.717, 1.165) is 38.6 Å². The third-order valence-corrected chi connectivity index (χ3v) is 6.08. The van der Waals surface area contributed by atoms with Gasteiger partial charge >= 0.3 is 0 Å². The highest BCUT2D eigenvalue weighted by molar-refractivity contribution is 6.23. The number of fused-ring (bicyclic) bond motifs is 6. The lowest BCUT2D eigenvalue weighted by Gasteiger charge is -2.11. The summed E-state index contributed by atoms with van der Waals surface area (Å²) in [6.07, 6.45) is 1.91. The summed E-state index contributed by atoms with van der Waals surface area (Å²) < 4.78 is 6.42. The molecular formula is C28H21NO. The Bertz CT molecular complexity index is 1570. The minimum absolute atomic E-state index is 0.494. The Balaban J connectivity index is 1.76. The monoisotopic (exact) mass is 387 g/mol. The van der Waals surface area contributed by atoms with Crippen LogP contribution in [0.15, 0.2) is 89.5 Å². The van der Waals surface area contributed by atoms with E-state index in [9.17, 15) is 0 Å². The van der Waals surface area contributed by atoms with Gasteiger partial charge in [0.1, 0.15) is 11.2 Å². The van der Waals surface area contributed by atoms with Gasteiger partial charge in [0.25, 0.3) is 0 Å². The molecule has 0 saturated carbocycles. The molecule has 4 aromatic carbocycles. The van der Waals surface area contributed by atoms with E-state index in [2.05, 4.69) is 80.6 Å². The topological polar surface area (TPSA) is 26.0 Å². The number of aromatic nitrogens is 1. The number of hydrogen-bond acceptors (Lipinski definition) is 2. The predicted octanol–water partition coefficient (Wildman–Crippen LogP) is 8.08. The summed E-state index contributed by atoms with van der Waals surface area (Å²) in [5.74, 6) is 0.494. The molecule has 0 saturated heterocycles. The fourth-order valence-electron chi connectivity index (χ4n) is 4.52. The predicted molar refractivity (Wildman–Crippen MR) is 126 cm³/mol. The molecule has 0 N–H and O–H groups in total. The Morgan fingerprint density at radius 2 is 1.50 bits per heavy atom. The first-order valence-electron chi connectivity index (χ1n) is 10.4. The van der Waals surface area contributed by atoms with Crippen molar-refractivity contribution in [2.45, 2.75) is 19.8 Å². The molecule has 0 bridgehead atoms.